The van der Waals surface area contributed by atoms with Gasteiger partial charge in [-0.25, -0.2) is 9.97 Å². The summed E-state index contributed by atoms with van der Waals surface area (Å²) in [7, 11) is 0. The first-order valence-electron chi connectivity index (χ1n) is 12.2. The fourth-order valence-electron chi connectivity index (χ4n) is 6.52. The number of amides is 2. The van der Waals surface area contributed by atoms with E-state index in [0.717, 1.165) is 48.4 Å². The van der Waals surface area contributed by atoms with E-state index in [4.69, 9.17) is 0 Å². The molecule has 1 aromatic carbocycles. The van der Waals surface area contributed by atoms with Gasteiger partial charge in [-0.1, -0.05) is 32.9 Å². The Labute approximate surface area is 196 Å². The molecule has 6 rings (SSSR count). The maximum atomic E-state index is 13.1. The molecule has 4 aliphatic carbocycles. The van der Waals surface area contributed by atoms with E-state index < -0.39 is 0 Å². The van der Waals surface area contributed by atoms with Gasteiger partial charge in [0.2, 0.25) is 5.91 Å². The molecule has 2 N–H and O–H groups in total. The Bertz CT molecular complexity index is 1000. The van der Waals surface area contributed by atoms with Gasteiger partial charge in [0, 0.05) is 22.9 Å². The average molecular weight is 447 g/mol. The third-order valence-corrected chi connectivity index (χ3v) is 7.77. The quantitative estimate of drug-likeness (QED) is 0.687. The summed E-state index contributed by atoms with van der Waals surface area (Å²) in [5, 5.41) is 6.05. The Kier molecular flexibility index (Phi) is 5.50. The zero-order chi connectivity index (χ0) is 23.2. The van der Waals surface area contributed by atoms with E-state index in [1.54, 1.807) is 24.5 Å². The summed E-state index contributed by atoms with van der Waals surface area (Å²) in [5.41, 5.74) is 1.87. The van der Waals surface area contributed by atoms with Gasteiger partial charge in [0.1, 0.15) is 5.82 Å². The first-order valence-corrected chi connectivity index (χ1v) is 12.2. The van der Waals surface area contributed by atoms with Crippen LogP contribution in [0.5, 0.6) is 0 Å². The number of hydrogen-bond acceptors (Lipinski definition) is 4. The van der Waals surface area contributed by atoms with E-state index >= 15 is 0 Å². The van der Waals surface area contributed by atoms with Gasteiger partial charge in [-0.15, -0.1) is 0 Å². The summed E-state index contributed by atoms with van der Waals surface area (Å²) in [5.74, 6) is 3.05. The summed E-state index contributed by atoms with van der Waals surface area (Å²) in [6, 6.07) is 7.42. The number of anilines is 1. The van der Waals surface area contributed by atoms with Gasteiger partial charge in [-0.05, 0) is 74.0 Å². The molecule has 0 unspecified atom stereocenters. The summed E-state index contributed by atoms with van der Waals surface area (Å²) in [6.07, 6.45) is 10.5. The molecule has 6 nitrogen and oxygen atoms in total. The standard InChI is InChI=1S/C27H34N4O2/c1-26(2,3)24-28-15-22(16-29-24)31-23(32)21-6-4-17(5-7-21)14-30-25(33)27-11-18-8-19(12-27)10-20(9-18)13-27/h4-7,15-16,18-20H,8-14H2,1-3H3,(H,30,33)(H,31,32). The predicted molar refractivity (Wildman–Crippen MR) is 128 cm³/mol. The topological polar surface area (TPSA) is 84.0 Å². The predicted octanol–water partition coefficient (Wildman–Crippen LogP) is 4.86. The van der Waals surface area contributed by atoms with Gasteiger partial charge in [0.05, 0.1) is 18.1 Å². The Morgan fingerprint density at radius 3 is 2.00 bits per heavy atom. The van der Waals surface area contributed by atoms with Crippen LogP contribution in [0.25, 0.3) is 0 Å². The minimum Gasteiger partial charge on any atom is -0.352 e. The van der Waals surface area contributed by atoms with Crippen molar-refractivity contribution in [1.29, 1.82) is 0 Å². The maximum Gasteiger partial charge on any atom is 0.255 e. The highest BCUT2D eigenvalue weighted by molar-refractivity contribution is 6.04. The fraction of sp³-hybridized carbons (Fsp3) is 0.556. The van der Waals surface area contributed by atoms with Gasteiger partial charge in [0.25, 0.3) is 5.91 Å². The molecular weight excluding hydrogens is 412 g/mol. The van der Waals surface area contributed by atoms with Crippen LogP contribution in [0, 0.1) is 23.2 Å². The minimum atomic E-state index is -0.203. The van der Waals surface area contributed by atoms with E-state index in [1.165, 1.54) is 19.3 Å². The van der Waals surface area contributed by atoms with Crippen molar-refractivity contribution < 1.29 is 9.59 Å². The van der Waals surface area contributed by atoms with Gasteiger partial charge in [-0.3, -0.25) is 9.59 Å². The van der Waals surface area contributed by atoms with Crippen molar-refractivity contribution in [3.05, 3.63) is 53.6 Å². The van der Waals surface area contributed by atoms with Crippen molar-refractivity contribution in [2.24, 2.45) is 23.2 Å². The second kappa shape index (κ2) is 8.23. The monoisotopic (exact) mass is 446 g/mol. The molecule has 1 heterocycles. The van der Waals surface area contributed by atoms with Crippen LogP contribution in [0.3, 0.4) is 0 Å². The van der Waals surface area contributed by atoms with Crippen LogP contribution < -0.4 is 10.6 Å². The van der Waals surface area contributed by atoms with Crippen LogP contribution in [0.1, 0.15) is 81.0 Å². The molecule has 0 saturated heterocycles. The lowest BCUT2D eigenvalue weighted by molar-refractivity contribution is -0.146. The minimum absolute atomic E-state index is 0.126. The molecule has 6 heteroatoms. The van der Waals surface area contributed by atoms with Gasteiger partial charge >= 0.3 is 0 Å². The third kappa shape index (κ3) is 4.53. The van der Waals surface area contributed by atoms with Crippen LogP contribution in [0.2, 0.25) is 0 Å². The summed E-state index contributed by atoms with van der Waals surface area (Å²) in [6.45, 7) is 6.65. The number of aromatic nitrogens is 2. The highest BCUT2D eigenvalue weighted by Gasteiger charge is 2.54. The largest absolute Gasteiger partial charge is 0.352 e. The first kappa shape index (κ1) is 22.1. The lowest BCUT2D eigenvalue weighted by Crippen LogP contribution is -2.53. The SMILES string of the molecule is CC(C)(C)c1ncc(NC(=O)c2ccc(CNC(=O)C34CC5CC(CC(C5)C3)C4)cc2)cn1. The van der Waals surface area contributed by atoms with E-state index in [1.807, 2.05) is 32.9 Å². The Morgan fingerprint density at radius 1 is 0.939 bits per heavy atom. The molecule has 4 fully saturated rings. The van der Waals surface area contributed by atoms with Crippen molar-refractivity contribution in [3.8, 4) is 0 Å². The van der Waals surface area contributed by atoms with E-state index in [0.29, 0.717) is 17.8 Å². The molecule has 0 aliphatic heterocycles. The zero-order valence-corrected chi connectivity index (χ0v) is 19.9. The van der Waals surface area contributed by atoms with E-state index in [-0.39, 0.29) is 22.6 Å². The van der Waals surface area contributed by atoms with Crippen molar-refractivity contribution in [2.75, 3.05) is 5.32 Å². The van der Waals surface area contributed by atoms with Crippen molar-refractivity contribution in [2.45, 2.75) is 71.3 Å². The van der Waals surface area contributed by atoms with Crippen molar-refractivity contribution in [1.82, 2.24) is 15.3 Å². The van der Waals surface area contributed by atoms with E-state index in [9.17, 15) is 9.59 Å². The number of carbonyl (C=O) groups excluding carboxylic acids is 2. The Morgan fingerprint density at radius 2 is 1.48 bits per heavy atom. The lowest BCUT2D eigenvalue weighted by atomic mass is 9.49. The van der Waals surface area contributed by atoms with Crippen LogP contribution in [0.15, 0.2) is 36.7 Å². The number of carbonyl (C=O) groups is 2. The normalized spacial score (nSPS) is 27.9. The average Bonchev–Trinajstić information content (AvgIpc) is 2.76. The lowest BCUT2D eigenvalue weighted by Gasteiger charge is -2.55. The second-order valence-corrected chi connectivity index (χ2v) is 11.6. The maximum absolute atomic E-state index is 13.1. The van der Waals surface area contributed by atoms with Crippen molar-refractivity contribution >= 4 is 17.5 Å². The summed E-state index contributed by atoms with van der Waals surface area (Å²) < 4.78 is 0. The molecular formula is C27H34N4O2. The van der Waals surface area contributed by atoms with Gasteiger partial charge < -0.3 is 10.6 Å². The zero-order valence-electron chi connectivity index (χ0n) is 19.9. The number of nitrogens with one attached hydrogen (secondary N) is 2. The molecule has 4 saturated carbocycles. The molecule has 0 atom stereocenters. The second-order valence-electron chi connectivity index (χ2n) is 11.6. The molecule has 4 aliphatic rings. The molecule has 2 aromatic rings. The molecule has 0 radical (unpaired) electrons. The molecule has 4 bridgehead atoms. The molecule has 2 amide bonds. The summed E-state index contributed by atoms with van der Waals surface area (Å²) in [4.78, 5) is 34.4. The van der Waals surface area contributed by atoms with Crippen LogP contribution >= 0.6 is 0 Å². The number of hydrogen-bond donors (Lipinski definition) is 2. The first-order chi connectivity index (χ1) is 15.7. The Hall–Kier alpha value is -2.76. The van der Waals surface area contributed by atoms with Gasteiger partial charge in [-0.2, -0.15) is 0 Å². The summed E-state index contributed by atoms with van der Waals surface area (Å²) >= 11 is 0. The molecule has 1 aromatic heterocycles. The van der Waals surface area contributed by atoms with Gasteiger partial charge in [0.15, 0.2) is 0 Å². The fourth-order valence-corrected chi connectivity index (χ4v) is 6.52. The highest BCUT2D eigenvalue weighted by Crippen LogP contribution is 2.60. The van der Waals surface area contributed by atoms with Crippen LogP contribution in [0.4, 0.5) is 5.69 Å². The third-order valence-electron chi connectivity index (χ3n) is 7.77. The molecule has 174 valence electrons. The van der Waals surface area contributed by atoms with Crippen LogP contribution in [-0.4, -0.2) is 21.8 Å². The smallest absolute Gasteiger partial charge is 0.255 e. The highest BCUT2D eigenvalue weighted by atomic mass is 16.2. The number of rotatable bonds is 5. The molecule has 33 heavy (non-hydrogen) atoms. The molecule has 0 spiro atoms. The number of benzene rings is 1. The number of nitrogens with zero attached hydrogens (tertiary/aromatic N) is 2. The van der Waals surface area contributed by atoms with E-state index in [2.05, 4.69) is 20.6 Å². The van der Waals surface area contributed by atoms with Crippen LogP contribution in [-0.2, 0) is 16.8 Å². The van der Waals surface area contributed by atoms with Crippen molar-refractivity contribution in [3.63, 3.8) is 0 Å². The Balaban J connectivity index is 1.16.